The highest BCUT2D eigenvalue weighted by atomic mass is 35.6. The molecule has 0 radical (unpaired) electrons. The minimum absolute atomic E-state index is 0.0470. The van der Waals surface area contributed by atoms with E-state index in [1.807, 2.05) is 0 Å². The molecular formula is C17H13Cl4N3O3S. The Kier molecular flexibility index (Phi) is 7.74. The van der Waals surface area contributed by atoms with E-state index >= 15 is 0 Å². The summed E-state index contributed by atoms with van der Waals surface area (Å²) in [5, 5.41) is 17.4. The van der Waals surface area contributed by atoms with Crippen LogP contribution in [0.4, 0.5) is 5.69 Å². The average Bonchev–Trinajstić information content (AvgIpc) is 2.60. The van der Waals surface area contributed by atoms with Gasteiger partial charge in [-0.25, -0.2) is 4.79 Å². The minimum Gasteiger partial charge on any atom is -0.478 e. The zero-order valence-electron chi connectivity index (χ0n) is 13.9. The quantitative estimate of drug-likeness (QED) is 0.287. The summed E-state index contributed by atoms with van der Waals surface area (Å²) in [4.78, 5) is 23.3. The maximum absolute atomic E-state index is 12.4. The van der Waals surface area contributed by atoms with Crippen LogP contribution in [0.15, 0.2) is 48.5 Å². The number of hydrogen-bond donors (Lipinski definition) is 4. The Morgan fingerprint density at radius 1 is 1.00 bits per heavy atom. The van der Waals surface area contributed by atoms with E-state index in [9.17, 15) is 9.59 Å². The van der Waals surface area contributed by atoms with Crippen molar-refractivity contribution >= 4 is 81.3 Å². The maximum atomic E-state index is 12.4. The van der Waals surface area contributed by atoms with Gasteiger partial charge in [0.15, 0.2) is 5.11 Å². The molecule has 0 aliphatic carbocycles. The highest BCUT2D eigenvalue weighted by Gasteiger charge is 2.35. The molecule has 11 heteroatoms. The van der Waals surface area contributed by atoms with Crippen molar-refractivity contribution in [3.8, 4) is 0 Å². The summed E-state index contributed by atoms with van der Waals surface area (Å²) in [5.41, 5.74) is 0.904. The molecule has 1 amide bonds. The van der Waals surface area contributed by atoms with Gasteiger partial charge in [0, 0.05) is 16.3 Å². The first-order valence-corrected chi connectivity index (χ1v) is 9.52. The van der Waals surface area contributed by atoms with Crippen molar-refractivity contribution in [1.82, 2.24) is 10.6 Å². The topological polar surface area (TPSA) is 90.5 Å². The van der Waals surface area contributed by atoms with Crippen molar-refractivity contribution in [3.63, 3.8) is 0 Å². The molecule has 148 valence electrons. The predicted octanol–water partition coefficient (Wildman–Crippen LogP) is 4.45. The average molecular weight is 481 g/mol. The lowest BCUT2D eigenvalue weighted by Gasteiger charge is -2.27. The second-order valence-corrected chi connectivity index (χ2v) is 8.65. The third-order valence-electron chi connectivity index (χ3n) is 3.35. The van der Waals surface area contributed by atoms with Crippen LogP contribution in [0.1, 0.15) is 20.7 Å². The fourth-order valence-corrected chi connectivity index (χ4v) is 2.79. The molecule has 1 atom stereocenters. The van der Waals surface area contributed by atoms with Crippen LogP contribution < -0.4 is 16.0 Å². The van der Waals surface area contributed by atoms with Crippen LogP contribution in [0.3, 0.4) is 0 Å². The Labute approximate surface area is 186 Å². The van der Waals surface area contributed by atoms with Gasteiger partial charge in [-0.2, -0.15) is 0 Å². The Morgan fingerprint density at radius 2 is 1.64 bits per heavy atom. The van der Waals surface area contributed by atoms with E-state index in [1.165, 1.54) is 30.3 Å². The predicted molar refractivity (Wildman–Crippen MR) is 116 cm³/mol. The monoisotopic (exact) mass is 479 g/mol. The summed E-state index contributed by atoms with van der Waals surface area (Å²) in [6.45, 7) is 0. The summed E-state index contributed by atoms with van der Waals surface area (Å²) in [6, 6.07) is 12.1. The molecule has 0 aromatic heterocycles. The van der Waals surface area contributed by atoms with Crippen molar-refractivity contribution in [1.29, 1.82) is 0 Å². The molecule has 2 rings (SSSR count). The minimum atomic E-state index is -1.92. The standard InChI is InChI=1S/C17H13Cl4N3O3S/c18-11-3-1-2-10(8-11)13(25)23-15(17(19,20)21)24-16(28)22-12-6-4-9(5-7-12)14(26)27/h1-8,15H,(H,23,25)(H,26,27)(H2,22,24,28). The van der Waals surface area contributed by atoms with Crippen LogP contribution in [-0.4, -0.2) is 32.1 Å². The van der Waals surface area contributed by atoms with Crippen molar-refractivity contribution in [3.05, 3.63) is 64.7 Å². The Bertz CT molecular complexity index is 888. The maximum Gasteiger partial charge on any atom is 0.335 e. The van der Waals surface area contributed by atoms with Gasteiger partial charge in [0.2, 0.25) is 3.79 Å². The number of alkyl halides is 3. The number of halogens is 4. The van der Waals surface area contributed by atoms with Gasteiger partial charge >= 0.3 is 5.97 Å². The number of carbonyl (C=O) groups excluding carboxylic acids is 1. The van der Waals surface area contributed by atoms with E-state index in [4.69, 9.17) is 63.7 Å². The molecule has 0 fully saturated rings. The molecule has 0 aliphatic rings. The van der Waals surface area contributed by atoms with Crippen molar-refractivity contribution in [2.24, 2.45) is 0 Å². The van der Waals surface area contributed by atoms with E-state index in [-0.39, 0.29) is 16.2 Å². The number of rotatable bonds is 5. The molecule has 0 spiro atoms. The first-order valence-electron chi connectivity index (χ1n) is 7.60. The van der Waals surface area contributed by atoms with Crippen molar-refractivity contribution < 1.29 is 14.7 Å². The molecule has 28 heavy (non-hydrogen) atoms. The van der Waals surface area contributed by atoms with E-state index in [0.717, 1.165) is 0 Å². The third kappa shape index (κ3) is 6.68. The van der Waals surface area contributed by atoms with Crippen LogP contribution in [0.2, 0.25) is 5.02 Å². The Hall–Kier alpha value is -1.77. The lowest BCUT2D eigenvalue weighted by molar-refractivity contribution is 0.0696. The van der Waals surface area contributed by atoms with Gasteiger partial charge in [0.25, 0.3) is 5.91 Å². The van der Waals surface area contributed by atoms with Crippen LogP contribution in [0.5, 0.6) is 0 Å². The summed E-state index contributed by atoms with van der Waals surface area (Å²) in [6.07, 6.45) is -1.16. The summed E-state index contributed by atoms with van der Waals surface area (Å²) in [5.74, 6) is -1.58. The number of thiocarbonyl (C=S) groups is 1. The van der Waals surface area contributed by atoms with Gasteiger partial charge in [-0.15, -0.1) is 0 Å². The van der Waals surface area contributed by atoms with Gasteiger partial charge in [0.1, 0.15) is 6.17 Å². The molecule has 2 aromatic rings. The first-order chi connectivity index (χ1) is 13.1. The number of nitrogens with one attached hydrogen (secondary N) is 3. The van der Waals surface area contributed by atoms with Gasteiger partial charge in [-0.05, 0) is 54.7 Å². The van der Waals surface area contributed by atoms with E-state index in [2.05, 4.69) is 16.0 Å². The summed E-state index contributed by atoms with van der Waals surface area (Å²) in [7, 11) is 0. The van der Waals surface area contributed by atoms with Gasteiger partial charge < -0.3 is 21.1 Å². The zero-order valence-corrected chi connectivity index (χ0v) is 17.7. The van der Waals surface area contributed by atoms with Gasteiger partial charge in [-0.1, -0.05) is 52.5 Å². The molecule has 6 nitrogen and oxygen atoms in total. The first kappa shape index (κ1) is 22.5. The smallest absolute Gasteiger partial charge is 0.335 e. The number of hydrogen-bond acceptors (Lipinski definition) is 3. The lowest BCUT2D eigenvalue weighted by Crippen LogP contribution is -2.56. The van der Waals surface area contributed by atoms with Crippen molar-refractivity contribution in [2.75, 3.05) is 5.32 Å². The van der Waals surface area contributed by atoms with Crippen LogP contribution in [0, 0.1) is 0 Å². The molecule has 1 unspecified atom stereocenters. The van der Waals surface area contributed by atoms with Crippen LogP contribution in [0.25, 0.3) is 0 Å². The number of anilines is 1. The number of aromatic carboxylic acids is 1. The summed E-state index contributed by atoms with van der Waals surface area (Å²) >= 11 is 28.9. The number of carboxylic acids is 1. The van der Waals surface area contributed by atoms with E-state index < -0.39 is 21.8 Å². The SMILES string of the molecule is O=C(O)c1ccc(NC(=S)NC(NC(=O)c2cccc(Cl)c2)C(Cl)(Cl)Cl)cc1. The molecular weight excluding hydrogens is 468 g/mol. The lowest BCUT2D eigenvalue weighted by atomic mass is 10.2. The highest BCUT2D eigenvalue weighted by Crippen LogP contribution is 2.29. The van der Waals surface area contributed by atoms with Gasteiger partial charge in [0.05, 0.1) is 5.56 Å². The molecule has 4 N–H and O–H groups in total. The second-order valence-electron chi connectivity index (χ2n) is 5.44. The zero-order chi connectivity index (χ0) is 20.9. The van der Waals surface area contributed by atoms with Crippen molar-refractivity contribution in [2.45, 2.75) is 9.96 Å². The number of amides is 1. The number of carboxylic acid groups (broad SMARTS) is 1. The van der Waals surface area contributed by atoms with Gasteiger partial charge in [-0.3, -0.25) is 4.79 Å². The third-order valence-corrected chi connectivity index (χ3v) is 4.46. The Balaban J connectivity index is 2.06. The molecule has 0 aliphatic heterocycles. The summed E-state index contributed by atoms with van der Waals surface area (Å²) < 4.78 is -1.92. The second kappa shape index (κ2) is 9.62. The number of benzene rings is 2. The molecule has 0 saturated carbocycles. The fourth-order valence-electron chi connectivity index (χ4n) is 2.04. The largest absolute Gasteiger partial charge is 0.478 e. The molecule has 2 aromatic carbocycles. The van der Waals surface area contributed by atoms with Crippen LogP contribution >= 0.6 is 58.6 Å². The Morgan fingerprint density at radius 3 is 2.18 bits per heavy atom. The van der Waals surface area contributed by atoms with Crippen LogP contribution in [-0.2, 0) is 0 Å². The molecule has 0 bridgehead atoms. The van der Waals surface area contributed by atoms with E-state index in [0.29, 0.717) is 10.7 Å². The number of carbonyl (C=O) groups is 2. The normalized spacial score (nSPS) is 12.0. The highest BCUT2D eigenvalue weighted by molar-refractivity contribution is 7.80. The fraction of sp³-hybridized carbons (Fsp3) is 0.118. The van der Waals surface area contributed by atoms with E-state index in [1.54, 1.807) is 18.2 Å². The molecule has 0 heterocycles. The molecule has 0 saturated heterocycles.